The first-order valence-electron chi connectivity index (χ1n) is 18.7. The van der Waals surface area contributed by atoms with Gasteiger partial charge in [-0.1, -0.05) is 101 Å². The Morgan fingerprint density at radius 1 is 0.904 bits per heavy atom. The lowest BCUT2D eigenvalue weighted by Gasteiger charge is -2.31. The summed E-state index contributed by atoms with van der Waals surface area (Å²) >= 11 is 3.57. The van der Waals surface area contributed by atoms with Gasteiger partial charge in [0.25, 0.3) is 11.8 Å². The maximum atomic E-state index is 12.1. The van der Waals surface area contributed by atoms with Gasteiger partial charge in [-0.15, -0.1) is 23.5 Å². The van der Waals surface area contributed by atoms with E-state index in [1.54, 1.807) is 23.5 Å². The highest BCUT2D eigenvalue weighted by molar-refractivity contribution is 8.18. The highest BCUT2D eigenvalue weighted by atomic mass is 32.2. The van der Waals surface area contributed by atoms with Crippen molar-refractivity contribution in [1.82, 2.24) is 30.8 Å². The molecule has 52 heavy (non-hydrogen) atoms. The number of ketones is 1. The van der Waals surface area contributed by atoms with Crippen LogP contribution in [0.3, 0.4) is 0 Å². The minimum Gasteiger partial charge on any atom is -0.363 e. The molecule has 2 saturated heterocycles. The van der Waals surface area contributed by atoms with E-state index in [4.69, 9.17) is 5.73 Å². The molecule has 5 N–H and O–H groups in total. The van der Waals surface area contributed by atoms with Crippen LogP contribution in [0.5, 0.6) is 0 Å². The third kappa shape index (κ3) is 20.7. The number of likely N-dealkylation sites (tertiary alicyclic amines) is 1. The van der Waals surface area contributed by atoms with Crippen LogP contribution in [-0.4, -0.2) is 98.0 Å². The SMILES string of the molecule is C1CCCCC1.CC.CC.CC.CC(NC(=O)CNC(=O)c1cnccn1)C(C)(C)C.NC(=O)C(=O)CNC(=O)C1CC2(CN1C=O)SCCCS2. The zero-order valence-electron chi connectivity index (χ0n) is 33.3. The standard InChI is InChI=1S/C13H20N4O2.C12H17N3O4S2.C6H12.3C2H6/c1-9(13(2,3)4)17-11(18)8-16-12(19)10-7-14-5-6-15-10;13-10(18)9(17)5-14-11(19)8-4-12(6-15(8)7-16)20-2-1-3-21-12;1-2-4-6-5-3-1;3*1-2/h5-7,9H,8H2,1-4H3,(H,16,19)(H,17,18);7-8H,1-6H2,(H2,13,18)(H,14,19);1-6H2;3*1-2H3. The fourth-order valence-electron chi connectivity index (χ4n) is 4.65. The van der Waals surface area contributed by atoms with Gasteiger partial charge in [0, 0.05) is 31.4 Å². The number of nitrogens with one attached hydrogen (secondary N) is 3. The largest absolute Gasteiger partial charge is 0.363 e. The van der Waals surface area contributed by atoms with Crippen LogP contribution in [0.25, 0.3) is 0 Å². The van der Waals surface area contributed by atoms with Gasteiger partial charge in [0.05, 0.1) is 23.4 Å². The molecule has 1 aromatic rings. The van der Waals surface area contributed by atoms with E-state index in [0.717, 1.165) is 17.9 Å². The maximum absolute atomic E-state index is 12.1. The van der Waals surface area contributed by atoms with Crippen LogP contribution in [0.15, 0.2) is 18.6 Å². The molecule has 1 aliphatic carbocycles. The summed E-state index contributed by atoms with van der Waals surface area (Å²) in [5.41, 5.74) is 5.00. The number of nitrogens with zero attached hydrogens (tertiary/aromatic N) is 3. The Bertz CT molecular complexity index is 1160. The molecule has 0 radical (unpaired) electrons. The summed E-state index contributed by atoms with van der Waals surface area (Å²) in [5, 5.41) is 7.72. The molecule has 3 fully saturated rings. The monoisotopic (exact) mass is 769 g/mol. The summed E-state index contributed by atoms with van der Waals surface area (Å²) in [5.74, 6) is -0.937. The predicted octanol–water partition coefficient (Wildman–Crippen LogP) is 5.13. The lowest BCUT2D eigenvalue weighted by atomic mass is 9.88. The Morgan fingerprint density at radius 2 is 1.44 bits per heavy atom. The summed E-state index contributed by atoms with van der Waals surface area (Å²) in [7, 11) is 0. The molecular weight excluding hydrogens is 703 g/mol. The predicted molar refractivity (Wildman–Crippen MR) is 214 cm³/mol. The van der Waals surface area contributed by atoms with E-state index in [1.807, 2.05) is 69.2 Å². The van der Waals surface area contributed by atoms with Gasteiger partial charge in [0.15, 0.2) is 0 Å². The number of rotatable bonds is 9. The maximum Gasteiger partial charge on any atom is 0.286 e. The van der Waals surface area contributed by atoms with Gasteiger partial charge in [-0.25, -0.2) is 4.98 Å². The second-order valence-electron chi connectivity index (χ2n) is 12.5. The molecule has 2 atom stereocenters. The molecule has 1 saturated carbocycles. The Kier molecular flexibility index (Phi) is 28.7. The second-order valence-corrected chi connectivity index (χ2v) is 15.7. The minimum absolute atomic E-state index is 0.0217. The van der Waals surface area contributed by atoms with Gasteiger partial charge in [-0.3, -0.25) is 33.8 Å². The fraction of sp³-hybridized carbons (Fsp3) is 0.730. The lowest BCUT2D eigenvalue weighted by Crippen LogP contribution is -2.45. The molecule has 2 aliphatic heterocycles. The second kappa shape index (κ2) is 29.3. The van der Waals surface area contributed by atoms with Crippen molar-refractivity contribution in [3.63, 3.8) is 0 Å². The zero-order valence-corrected chi connectivity index (χ0v) is 35.0. The number of hydrogen-bond donors (Lipinski definition) is 4. The first-order chi connectivity index (χ1) is 24.8. The molecular formula is C37H67N7O6S2. The molecule has 1 aromatic heterocycles. The van der Waals surface area contributed by atoms with E-state index in [-0.39, 0.29) is 33.7 Å². The molecule has 2 unspecified atom stereocenters. The van der Waals surface area contributed by atoms with Crippen LogP contribution in [0.2, 0.25) is 0 Å². The van der Waals surface area contributed by atoms with E-state index in [0.29, 0.717) is 19.4 Å². The quantitative estimate of drug-likeness (QED) is 0.193. The van der Waals surface area contributed by atoms with Crippen LogP contribution in [0, 0.1) is 5.41 Å². The topological polar surface area (TPSA) is 194 Å². The summed E-state index contributed by atoms with van der Waals surface area (Å²) in [6, 6.07) is -0.574. The van der Waals surface area contributed by atoms with Gasteiger partial charge in [0.1, 0.15) is 11.7 Å². The molecule has 0 bridgehead atoms. The summed E-state index contributed by atoms with van der Waals surface area (Å²) in [4.78, 5) is 77.5. The van der Waals surface area contributed by atoms with Crippen molar-refractivity contribution in [3.05, 3.63) is 24.3 Å². The van der Waals surface area contributed by atoms with Crippen molar-refractivity contribution < 1.29 is 28.8 Å². The van der Waals surface area contributed by atoms with Crippen molar-refractivity contribution in [2.45, 2.75) is 137 Å². The Hall–Kier alpha value is -3.20. The zero-order chi connectivity index (χ0) is 40.2. The van der Waals surface area contributed by atoms with Crippen LogP contribution < -0.4 is 21.7 Å². The van der Waals surface area contributed by atoms with E-state index in [1.165, 1.54) is 62.0 Å². The number of aromatic nitrogens is 2. The smallest absolute Gasteiger partial charge is 0.286 e. The summed E-state index contributed by atoms with van der Waals surface area (Å²) < 4.78 is -0.130. The van der Waals surface area contributed by atoms with E-state index < -0.39 is 36.1 Å². The lowest BCUT2D eigenvalue weighted by molar-refractivity contribution is -0.137. The molecule has 15 heteroatoms. The summed E-state index contributed by atoms with van der Waals surface area (Å²) in [6.07, 6.45) is 15.6. The summed E-state index contributed by atoms with van der Waals surface area (Å²) in [6.45, 7) is 20.1. The number of carbonyl (C=O) groups is 6. The first kappa shape index (κ1) is 50.9. The Morgan fingerprint density at radius 3 is 1.88 bits per heavy atom. The van der Waals surface area contributed by atoms with Crippen molar-refractivity contribution in [3.8, 4) is 0 Å². The van der Waals surface area contributed by atoms with E-state index in [9.17, 15) is 28.8 Å². The van der Waals surface area contributed by atoms with E-state index in [2.05, 4.69) is 25.9 Å². The van der Waals surface area contributed by atoms with Crippen LogP contribution >= 0.6 is 23.5 Å². The van der Waals surface area contributed by atoms with Gasteiger partial charge in [0.2, 0.25) is 24.0 Å². The molecule has 13 nitrogen and oxygen atoms in total. The number of nitrogens with two attached hydrogens (primary N) is 1. The third-order valence-electron chi connectivity index (χ3n) is 7.86. The van der Waals surface area contributed by atoms with E-state index >= 15 is 0 Å². The average Bonchev–Trinajstić information content (AvgIpc) is 3.54. The van der Waals surface area contributed by atoms with Gasteiger partial charge < -0.3 is 26.6 Å². The molecule has 298 valence electrons. The molecule has 4 rings (SSSR count). The number of amides is 5. The van der Waals surface area contributed by atoms with Crippen molar-refractivity contribution >= 4 is 59.3 Å². The molecule has 3 heterocycles. The Labute approximate surface area is 321 Å². The normalized spacial score (nSPS) is 17.3. The highest BCUT2D eigenvalue weighted by Crippen LogP contribution is 2.49. The number of Topliss-reactive ketones (excluding diaryl/α,β-unsaturated/α-hetero) is 1. The van der Waals surface area contributed by atoms with Crippen molar-refractivity contribution in [2.75, 3.05) is 31.1 Å². The molecule has 5 amide bonds. The van der Waals surface area contributed by atoms with Crippen molar-refractivity contribution in [1.29, 1.82) is 0 Å². The highest BCUT2D eigenvalue weighted by Gasteiger charge is 2.48. The van der Waals surface area contributed by atoms with Crippen molar-refractivity contribution in [2.24, 2.45) is 11.1 Å². The van der Waals surface area contributed by atoms with Gasteiger partial charge in [-0.05, 0) is 30.3 Å². The van der Waals surface area contributed by atoms with Crippen LogP contribution in [-0.2, 0) is 24.0 Å². The number of thioether (sulfide) groups is 2. The fourth-order valence-corrected chi connectivity index (χ4v) is 8.02. The number of hydrogen-bond acceptors (Lipinski definition) is 10. The molecule has 1 spiro atoms. The average molecular weight is 770 g/mol. The molecule has 0 aromatic carbocycles. The third-order valence-corrected chi connectivity index (χ3v) is 11.2. The van der Waals surface area contributed by atoms with Crippen LogP contribution in [0.4, 0.5) is 0 Å². The number of carbonyl (C=O) groups excluding carboxylic acids is 6. The Balaban J connectivity index is 0. The van der Waals surface area contributed by atoms with Gasteiger partial charge in [-0.2, -0.15) is 0 Å². The van der Waals surface area contributed by atoms with Gasteiger partial charge >= 0.3 is 0 Å². The molecule has 3 aliphatic rings. The minimum atomic E-state index is -1.08. The number of primary amides is 1. The first-order valence-corrected chi connectivity index (χ1v) is 20.7. The van der Waals surface area contributed by atoms with Crippen LogP contribution in [0.1, 0.15) is 131 Å².